The Hall–Kier alpha value is -0.380. The second-order valence-corrected chi connectivity index (χ2v) is 5.23. The summed E-state index contributed by atoms with van der Waals surface area (Å²) >= 11 is 3.61. The van der Waals surface area contributed by atoms with Crippen molar-refractivity contribution in [1.82, 2.24) is 4.90 Å². The Morgan fingerprint density at radius 2 is 2.33 bits per heavy atom. The number of nitrogens with zero attached hydrogens (tertiary/aromatic N) is 1. The summed E-state index contributed by atoms with van der Waals surface area (Å²) in [4.78, 5) is 2.42. The molecule has 1 atom stereocenters. The minimum atomic E-state index is 0.370. The normalized spacial score (nSPS) is 22.2. The molecule has 3 heteroatoms. The van der Waals surface area contributed by atoms with E-state index in [1.54, 1.807) is 0 Å². The maximum atomic E-state index is 5.89. The van der Waals surface area contributed by atoms with E-state index in [1.807, 2.05) is 0 Å². The molecule has 0 bridgehead atoms. The highest BCUT2D eigenvalue weighted by Crippen LogP contribution is 2.21. The van der Waals surface area contributed by atoms with Gasteiger partial charge >= 0.3 is 0 Å². The van der Waals surface area contributed by atoms with E-state index in [-0.39, 0.29) is 0 Å². The molecule has 0 aromatic heterocycles. The number of rotatable bonds is 2. The first kappa shape index (κ1) is 11.1. The van der Waals surface area contributed by atoms with Crippen molar-refractivity contribution in [3.05, 3.63) is 33.8 Å². The van der Waals surface area contributed by atoms with E-state index in [4.69, 9.17) is 5.73 Å². The van der Waals surface area contributed by atoms with E-state index in [0.717, 1.165) is 26.1 Å². The Bertz CT molecular complexity index is 351. The van der Waals surface area contributed by atoms with Crippen LogP contribution in [-0.4, -0.2) is 24.0 Å². The molecular weight excluding hydrogens is 252 g/mol. The van der Waals surface area contributed by atoms with Crippen LogP contribution < -0.4 is 5.73 Å². The zero-order chi connectivity index (χ0) is 10.8. The maximum absolute atomic E-state index is 5.89. The molecule has 0 amide bonds. The van der Waals surface area contributed by atoms with Crippen molar-refractivity contribution in [2.45, 2.75) is 25.9 Å². The summed E-state index contributed by atoms with van der Waals surface area (Å²) in [5, 5.41) is 0. The molecule has 2 N–H and O–H groups in total. The second-order valence-electron chi connectivity index (χ2n) is 4.38. The number of halogens is 1. The van der Waals surface area contributed by atoms with Gasteiger partial charge < -0.3 is 5.73 Å². The Balaban J connectivity index is 2.04. The molecule has 0 radical (unpaired) electrons. The number of hydrogen-bond donors (Lipinski definition) is 1. The van der Waals surface area contributed by atoms with Crippen LogP contribution in [-0.2, 0) is 6.54 Å². The Labute approximate surface area is 99.6 Å². The zero-order valence-corrected chi connectivity index (χ0v) is 10.6. The molecule has 1 heterocycles. The summed E-state index contributed by atoms with van der Waals surface area (Å²) in [5.74, 6) is 0. The molecule has 15 heavy (non-hydrogen) atoms. The predicted molar refractivity (Wildman–Crippen MR) is 66.7 cm³/mol. The molecule has 1 aromatic carbocycles. The first-order valence-electron chi connectivity index (χ1n) is 5.38. The van der Waals surface area contributed by atoms with Gasteiger partial charge in [-0.05, 0) is 30.5 Å². The summed E-state index contributed by atoms with van der Waals surface area (Å²) in [6.07, 6.45) is 1.13. The average molecular weight is 269 g/mol. The first-order chi connectivity index (χ1) is 7.15. The highest BCUT2D eigenvalue weighted by atomic mass is 79.9. The van der Waals surface area contributed by atoms with E-state index in [9.17, 15) is 0 Å². The third kappa shape index (κ3) is 2.80. The lowest BCUT2D eigenvalue weighted by molar-refractivity contribution is 0.326. The summed E-state index contributed by atoms with van der Waals surface area (Å²) in [7, 11) is 0. The van der Waals surface area contributed by atoms with Crippen molar-refractivity contribution in [1.29, 1.82) is 0 Å². The fourth-order valence-corrected chi connectivity index (χ4v) is 2.65. The molecule has 2 rings (SSSR count). The highest BCUT2D eigenvalue weighted by molar-refractivity contribution is 9.10. The number of likely N-dealkylation sites (tertiary alicyclic amines) is 1. The van der Waals surface area contributed by atoms with Gasteiger partial charge in [-0.1, -0.05) is 28.1 Å². The van der Waals surface area contributed by atoms with Gasteiger partial charge in [0.1, 0.15) is 0 Å². The molecule has 0 spiro atoms. The monoisotopic (exact) mass is 268 g/mol. The summed E-state index contributed by atoms with van der Waals surface area (Å²) in [6.45, 7) is 5.27. The smallest absolute Gasteiger partial charge is 0.0245 e. The van der Waals surface area contributed by atoms with E-state index in [0.29, 0.717) is 6.04 Å². The van der Waals surface area contributed by atoms with Gasteiger partial charge in [0.25, 0.3) is 0 Å². The Morgan fingerprint density at radius 1 is 1.53 bits per heavy atom. The van der Waals surface area contributed by atoms with Crippen LogP contribution in [0.1, 0.15) is 17.5 Å². The van der Waals surface area contributed by atoms with Gasteiger partial charge in [0.05, 0.1) is 0 Å². The third-order valence-corrected chi connectivity index (χ3v) is 3.65. The zero-order valence-electron chi connectivity index (χ0n) is 9.04. The molecular formula is C12H17BrN2. The Morgan fingerprint density at radius 3 is 2.93 bits per heavy atom. The van der Waals surface area contributed by atoms with Crippen LogP contribution in [0.5, 0.6) is 0 Å². The number of aryl methyl sites for hydroxylation is 1. The third-order valence-electron chi connectivity index (χ3n) is 2.91. The van der Waals surface area contributed by atoms with Gasteiger partial charge in [0, 0.05) is 30.1 Å². The maximum Gasteiger partial charge on any atom is 0.0245 e. The largest absolute Gasteiger partial charge is 0.326 e. The molecule has 2 nitrogen and oxygen atoms in total. The minimum Gasteiger partial charge on any atom is -0.326 e. The van der Waals surface area contributed by atoms with Crippen LogP contribution >= 0.6 is 15.9 Å². The van der Waals surface area contributed by atoms with E-state index in [1.165, 1.54) is 15.6 Å². The molecule has 0 unspecified atom stereocenters. The van der Waals surface area contributed by atoms with Crippen molar-refractivity contribution in [3.8, 4) is 0 Å². The number of benzene rings is 1. The summed E-state index contributed by atoms with van der Waals surface area (Å²) in [5.41, 5.74) is 8.54. The van der Waals surface area contributed by atoms with Crippen LogP contribution in [0.2, 0.25) is 0 Å². The molecule has 1 aliphatic heterocycles. The van der Waals surface area contributed by atoms with E-state index < -0.39 is 0 Å². The van der Waals surface area contributed by atoms with Crippen LogP contribution in [0.15, 0.2) is 22.7 Å². The topological polar surface area (TPSA) is 29.3 Å². The van der Waals surface area contributed by atoms with E-state index in [2.05, 4.69) is 46.0 Å². The first-order valence-corrected chi connectivity index (χ1v) is 6.17. The lowest BCUT2D eigenvalue weighted by Crippen LogP contribution is -2.26. The van der Waals surface area contributed by atoms with Crippen LogP contribution in [0.4, 0.5) is 0 Å². The van der Waals surface area contributed by atoms with Crippen LogP contribution in [0, 0.1) is 6.92 Å². The predicted octanol–water partition coefficient (Wildman–Crippen LogP) is 2.29. The quantitative estimate of drug-likeness (QED) is 0.892. The van der Waals surface area contributed by atoms with Gasteiger partial charge in [0.2, 0.25) is 0 Å². The number of nitrogens with two attached hydrogens (primary N) is 1. The average Bonchev–Trinajstić information content (AvgIpc) is 2.56. The lowest BCUT2D eigenvalue weighted by atomic mass is 10.1. The van der Waals surface area contributed by atoms with Crippen molar-refractivity contribution in [2.75, 3.05) is 13.1 Å². The highest BCUT2D eigenvalue weighted by Gasteiger charge is 2.19. The van der Waals surface area contributed by atoms with Gasteiger partial charge in [-0.15, -0.1) is 0 Å². The Kier molecular flexibility index (Phi) is 3.44. The van der Waals surface area contributed by atoms with Crippen LogP contribution in [0.3, 0.4) is 0 Å². The van der Waals surface area contributed by atoms with E-state index >= 15 is 0 Å². The van der Waals surface area contributed by atoms with Crippen molar-refractivity contribution in [2.24, 2.45) is 5.73 Å². The fourth-order valence-electron chi connectivity index (χ4n) is 2.03. The van der Waals surface area contributed by atoms with Crippen molar-refractivity contribution in [3.63, 3.8) is 0 Å². The summed E-state index contributed by atoms with van der Waals surface area (Å²) in [6, 6.07) is 6.90. The summed E-state index contributed by atoms with van der Waals surface area (Å²) < 4.78 is 1.21. The van der Waals surface area contributed by atoms with Gasteiger partial charge in [-0.2, -0.15) is 0 Å². The van der Waals surface area contributed by atoms with Gasteiger partial charge in [0.15, 0.2) is 0 Å². The van der Waals surface area contributed by atoms with Crippen molar-refractivity contribution < 1.29 is 0 Å². The van der Waals surface area contributed by atoms with Gasteiger partial charge in [-0.25, -0.2) is 0 Å². The molecule has 82 valence electrons. The van der Waals surface area contributed by atoms with Crippen LogP contribution in [0.25, 0.3) is 0 Å². The molecule has 0 aliphatic carbocycles. The standard InChI is InChI=1S/C12H17BrN2/c1-9-2-3-10(12(13)6-9)7-15-5-4-11(14)8-15/h2-3,6,11H,4-5,7-8,14H2,1H3/t11-/m0/s1. The van der Waals surface area contributed by atoms with Crippen molar-refractivity contribution >= 4 is 15.9 Å². The molecule has 1 fully saturated rings. The minimum absolute atomic E-state index is 0.370. The molecule has 1 aliphatic rings. The van der Waals surface area contributed by atoms with Gasteiger partial charge in [-0.3, -0.25) is 4.90 Å². The fraction of sp³-hybridized carbons (Fsp3) is 0.500. The lowest BCUT2D eigenvalue weighted by Gasteiger charge is -2.16. The second kappa shape index (κ2) is 4.64. The SMILES string of the molecule is Cc1ccc(CN2CC[C@H](N)C2)c(Br)c1. The molecule has 0 saturated carbocycles. The molecule has 1 saturated heterocycles. The molecule has 1 aromatic rings. The number of hydrogen-bond acceptors (Lipinski definition) is 2.